The molecule has 0 unspecified atom stereocenters. The zero-order valence-corrected chi connectivity index (χ0v) is 9.42. The molecular weight excluding hydrogens is 208 g/mol. The van der Waals surface area contributed by atoms with E-state index in [1.807, 2.05) is 12.1 Å². The predicted molar refractivity (Wildman–Crippen MR) is 60.6 cm³/mol. The van der Waals surface area contributed by atoms with Crippen LogP contribution in [-0.2, 0) is 5.92 Å². The van der Waals surface area contributed by atoms with Gasteiger partial charge in [-0.2, -0.15) is 0 Å². The second-order valence-corrected chi connectivity index (χ2v) is 4.61. The van der Waals surface area contributed by atoms with Crippen LogP contribution in [0.4, 0.5) is 8.78 Å². The normalized spacial score (nSPS) is 25.2. The molecule has 1 aliphatic carbocycles. The van der Waals surface area contributed by atoms with E-state index in [9.17, 15) is 8.78 Å². The van der Waals surface area contributed by atoms with E-state index in [2.05, 4.69) is 0 Å². The van der Waals surface area contributed by atoms with Gasteiger partial charge in [0.15, 0.2) is 0 Å². The average Bonchev–Trinajstić information content (AvgIpc) is 2.25. The lowest BCUT2D eigenvalue weighted by Crippen LogP contribution is -2.34. The minimum Gasteiger partial charge on any atom is -0.328 e. The summed E-state index contributed by atoms with van der Waals surface area (Å²) in [6, 6.07) is 7.01. The third-order valence-electron chi connectivity index (χ3n) is 3.42. The van der Waals surface area contributed by atoms with Gasteiger partial charge in [-0.25, -0.2) is 8.78 Å². The van der Waals surface area contributed by atoms with Gasteiger partial charge in [0.2, 0.25) is 0 Å². The van der Waals surface area contributed by atoms with Crippen molar-refractivity contribution in [2.24, 2.45) is 5.73 Å². The smallest absolute Gasteiger partial charge is 0.273 e. The molecule has 0 aromatic heterocycles. The highest BCUT2D eigenvalue weighted by Crippen LogP contribution is 2.37. The largest absolute Gasteiger partial charge is 0.328 e. The van der Waals surface area contributed by atoms with Crippen molar-refractivity contribution in [2.75, 3.05) is 0 Å². The summed E-state index contributed by atoms with van der Waals surface area (Å²) >= 11 is 0. The Morgan fingerprint density at radius 3 is 2.25 bits per heavy atom. The quantitative estimate of drug-likeness (QED) is 0.838. The topological polar surface area (TPSA) is 26.0 Å². The van der Waals surface area contributed by atoms with Crippen LogP contribution in [0.2, 0.25) is 0 Å². The standard InChI is InChI=1S/C13H17F2N/c1-2-13(14,15)11-5-3-9(4-6-11)10-7-12(16)8-10/h3-6,10,12H,2,7-8,16H2,1H3. The second kappa shape index (κ2) is 4.13. The third-order valence-corrected chi connectivity index (χ3v) is 3.42. The van der Waals surface area contributed by atoms with Crippen molar-refractivity contribution in [2.45, 2.75) is 44.1 Å². The fourth-order valence-electron chi connectivity index (χ4n) is 2.14. The van der Waals surface area contributed by atoms with E-state index in [-0.39, 0.29) is 12.0 Å². The van der Waals surface area contributed by atoms with Crippen LogP contribution in [0.25, 0.3) is 0 Å². The Morgan fingerprint density at radius 2 is 1.81 bits per heavy atom. The predicted octanol–water partition coefficient (Wildman–Crippen LogP) is 3.39. The van der Waals surface area contributed by atoms with Crippen molar-refractivity contribution in [3.8, 4) is 0 Å². The summed E-state index contributed by atoms with van der Waals surface area (Å²) in [5, 5.41) is 0. The summed E-state index contributed by atoms with van der Waals surface area (Å²) < 4.78 is 26.7. The fraction of sp³-hybridized carbons (Fsp3) is 0.538. The highest BCUT2D eigenvalue weighted by atomic mass is 19.3. The first-order chi connectivity index (χ1) is 7.53. The minimum atomic E-state index is -2.70. The van der Waals surface area contributed by atoms with Gasteiger partial charge in [-0.3, -0.25) is 0 Å². The first kappa shape index (κ1) is 11.5. The zero-order chi connectivity index (χ0) is 11.8. The monoisotopic (exact) mass is 225 g/mol. The van der Waals surface area contributed by atoms with Crippen molar-refractivity contribution < 1.29 is 8.78 Å². The molecule has 1 fully saturated rings. The highest BCUT2D eigenvalue weighted by Gasteiger charge is 2.30. The Kier molecular flexibility index (Phi) is 2.98. The van der Waals surface area contributed by atoms with Gasteiger partial charge < -0.3 is 5.73 Å². The summed E-state index contributed by atoms with van der Waals surface area (Å²) in [7, 11) is 0. The van der Waals surface area contributed by atoms with E-state index in [1.54, 1.807) is 12.1 Å². The Balaban J connectivity index is 2.11. The molecule has 1 saturated carbocycles. The van der Waals surface area contributed by atoms with Crippen LogP contribution in [-0.4, -0.2) is 6.04 Å². The molecular formula is C13H17F2N. The minimum absolute atomic E-state index is 0.113. The number of hydrogen-bond acceptors (Lipinski definition) is 1. The van der Waals surface area contributed by atoms with Crippen LogP contribution in [0.5, 0.6) is 0 Å². The SMILES string of the molecule is CCC(F)(F)c1ccc(C2CC(N)C2)cc1. The van der Waals surface area contributed by atoms with Crippen LogP contribution in [0.3, 0.4) is 0 Å². The Morgan fingerprint density at radius 1 is 1.25 bits per heavy atom. The maximum absolute atomic E-state index is 13.4. The van der Waals surface area contributed by atoms with Gasteiger partial charge in [0.1, 0.15) is 0 Å². The molecule has 2 rings (SSSR count). The zero-order valence-electron chi connectivity index (χ0n) is 9.42. The van der Waals surface area contributed by atoms with E-state index < -0.39 is 5.92 Å². The van der Waals surface area contributed by atoms with Crippen LogP contribution < -0.4 is 5.73 Å². The van der Waals surface area contributed by atoms with Crippen molar-refractivity contribution in [3.63, 3.8) is 0 Å². The number of halogens is 2. The number of nitrogens with two attached hydrogens (primary N) is 1. The Labute approximate surface area is 94.7 Å². The number of rotatable bonds is 3. The van der Waals surface area contributed by atoms with Crippen LogP contribution in [0.1, 0.15) is 43.2 Å². The van der Waals surface area contributed by atoms with E-state index in [4.69, 9.17) is 5.73 Å². The molecule has 2 N–H and O–H groups in total. The summed E-state index contributed by atoms with van der Waals surface area (Å²) in [6.07, 6.45) is 1.80. The average molecular weight is 225 g/mol. The van der Waals surface area contributed by atoms with Crippen LogP contribution in [0.15, 0.2) is 24.3 Å². The van der Waals surface area contributed by atoms with Gasteiger partial charge in [-0.1, -0.05) is 31.2 Å². The second-order valence-electron chi connectivity index (χ2n) is 4.61. The molecule has 0 atom stereocenters. The van der Waals surface area contributed by atoms with E-state index >= 15 is 0 Å². The first-order valence-corrected chi connectivity index (χ1v) is 5.76. The van der Waals surface area contributed by atoms with Crippen molar-refractivity contribution in [1.82, 2.24) is 0 Å². The van der Waals surface area contributed by atoms with E-state index in [0.29, 0.717) is 12.0 Å². The molecule has 0 saturated heterocycles. The molecule has 1 aromatic carbocycles. The Bertz CT molecular complexity index is 353. The van der Waals surface area contributed by atoms with Gasteiger partial charge in [0.25, 0.3) is 5.92 Å². The van der Waals surface area contributed by atoms with Crippen molar-refractivity contribution in [3.05, 3.63) is 35.4 Å². The maximum Gasteiger partial charge on any atom is 0.273 e. The van der Waals surface area contributed by atoms with Gasteiger partial charge >= 0.3 is 0 Å². The summed E-state index contributed by atoms with van der Waals surface area (Å²) in [4.78, 5) is 0. The van der Waals surface area contributed by atoms with E-state index in [0.717, 1.165) is 18.4 Å². The van der Waals surface area contributed by atoms with Gasteiger partial charge in [-0.05, 0) is 24.3 Å². The summed E-state index contributed by atoms with van der Waals surface area (Å²) in [5.74, 6) is -2.23. The molecule has 1 nitrogen and oxygen atoms in total. The molecule has 16 heavy (non-hydrogen) atoms. The van der Waals surface area contributed by atoms with Crippen molar-refractivity contribution in [1.29, 1.82) is 0 Å². The molecule has 0 bridgehead atoms. The molecule has 0 aliphatic heterocycles. The molecule has 88 valence electrons. The summed E-state index contributed by atoms with van der Waals surface area (Å²) in [6.45, 7) is 1.50. The summed E-state index contributed by atoms with van der Waals surface area (Å²) in [5.41, 5.74) is 6.96. The molecule has 1 aliphatic rings. The first-order valence-electron chi connectivity index (χ1n) is 5.76. The molecule has 0 spiro atoms. The highest BCUT2D eigenvalue weighted by molar-refractivity contribution is 5.29. The number of benzene rings is 1. The molecule has 0 amide bonds. The lowest BCUT2D eigenvalue weighted by Gasteiger charge is -2.33. The third kappa shape index (κ3) is 2.09. The van der Waals surface area contributed by atoms with Crippen molar-refractivity contribution >= 4 is 0 Å². The maximum atomic E-state index is 13.4. The van der Waals surface area contributed by atoms with E-state index in [1.165, 1.54) is 6.92 Å². The fourth-order valence-corrected chi connectivity index (χ4v) is 2.14. The van der Waals surface area contributed by atoms with Gasteiger partial charge in [-0.15, -0.1) is 0 Å². The molecule has 0 heterocycles. The number of alkyl halides is 2. The lowest BCUT2D eigenvalue weighted by molar-refractivity contribution is -0.00831. The molecule has 0 radical (unpaired) electrons. The number of hydrogen-bond donors (Lipinski definition) is 1. The Hall–Kier alpha value is -0.960. The molecule has 1 aromatic rings. The van der Waals surface area contributed by atoms with Gasteiger partial charge in [0.05, 0.1) is 0 Å². The van der Waals surface area contributed by atoms with Crippen LogP contribution in [0, 0.1) is 0 Å². The molecule has 3 heteroatoms. The lowest BCUT2D eigenvalue weighted by atomic mass is 9.76. The van der Waals surface area contributed by atoms with Crippen LogP contribution >= 0.6 is 0 Å². The van der Waals surface area contributed by atoms with Gasteiger partial charge in [0, 0.05) is 18.0 Å².